The van der Waals surface area contributed by atoms with E-state index < -0.39 is 0 Å². The quantitative estimate of drug-likeness (QED) is 0.810. The van der Waals surface area contributed by atoms with Crippen molar-refractivity contribution in [3.05, 3.63) is 35.6 Å². The van der Waals surface area contributed by atoms with Crippen LogP contribution in [0.5, 0.6) is 0 Å². The summed E-state index contributed by atoms with van der Waals surface area (Å²) in [5.41, 5.74) is 1.00. The van der Waals surface area contributed by atoms with Crippen molar-refractivity contribution in [1.29, 1.82) is 10.5 Å². The van der Waals surface area contributed by atoms with Crippen molar-refractivity contribution in [2.75, 3.05) is 32.7 Å². The summed E-state index contributed by atoms with van der Waals surface area (Å²) >= 11 is 0. The molecule has 1 fully saturated rings. The maximum absolute atomic E-state index is 13.4. The molecule has 0 N–H and O–H groups in total. The minimum Gasteiger partial charge on any atom is -0.299 e. The number of halogens is 1. The Morgan fingerprint density at radius 2 is 1.96 bits per heavy atom. The van der Waals surface area contributed by atoms with Crippen LogP contribution in [0.4, 0.5) is 4.39 Å². The van der Waals surface area contributed by atoms with Gasteiger partial charge in [-0.25, -0.2) is 4.39 Å². The van der Waals surface area contributed by atoms with Gasteiger partial charge in [0, 0.05) is 45.2 Å². The molecule has 0 aromatic heterocycles. The fraction of sp³-hybridized carbons (Fsp3) is 0.556. The lowest BCUT2D eigenvalue weighted by Crippen LogP contribution is -2.48. The van der Waals surface area contributed by atoms with Gasteiger partial charge >= 0.3 is 0 Å². The van der Waals surface area contributed by atoms with E-state index in [4.69, 9.17) is 10.5 Å². The lowest BCUT2D eigenvalue weighted by atomic mass is 10.0. The zero-order valence-corrected chi connectivity index (χ0v) is 13.6. The molecule has 1 aliphatic heterocycles. The van der Waals surface area contributed by atoms with Gasteiger partial charge in [0.15, 0.2) is 0 Å². The Hall–Kier alpha value is -1.95. The van der Waals surface area contributed by atoms with Gasteiger partial charge in [0.05, 0.1) is 18.1 Å². The van der Waals surface area contributed by atoms with E-state index >= 15 is 0 Å². The molecule has 0 saturated carbocycles. The highest BCUT2D eigenvalue weighted by molar-refractivity contribution is 5.19. The molecule has 1 aliphatic rings. The third-order valence-corrected chi connectivity index (χ3v) is 4.55. The predicted molar refractivity (Wildman–Crippen MR) is 86.8 cm³/mol. The Labute approximate surface area is 137 Å². The second kappa shape index (κ2) is 8.62. The second-order valence-corrected chi connectivity index (χ2v) is 6.09. The number of nitriles is 2. The van der Waals surface area contributed by atoms with Gasteiger partial charge in [-0.05, 0) is 31.0 Å². The molecule has 122 valence electrons. The summed E-state index contributed by atoms with van der Waals surface area (Å²) in [4.78, 5) is 4.64. The normalized spacial score (nSPS) is 18.8. The first kappa shape index (κ1) is 17.4. The van der Waals surface area contributed by atoms with Crippen molar-refractivity contribution < 1.29 is 4.39 Å². The average molecular weight is 314 g/mol. The first-order chi connectivity index (χ1) is 11.1. The van der Waals surface area contributed by atoms with E-state index in [1.54, 1.807) is 12.1 Å². The minimum atomic E-state index is -0.192. The summed E-state index contributed by atoms with van der Waals surface area (Å²) in [6, 6.07) is 11.4. The van der Waals surface area contributed by atoms with Crippen LogP contribution >= 0.6 is 0 Å². The van der Waals surface area contributed by atoms with Gasteiger partial charge in [-0.15, -0.1) is 0 Å². The van der Waals surface area contributed by atoms with Crippen LogP contribution in [0.25, 0.3) is 0 Å². The Morgan fingerprint density at radius 3 is 2.57 bits per heavy atom. The van der Waals surface area contributed by atoms with Crippen LogP contribution in [0.3, 0.4) is 0 Å². The molecule has 1 saturated heterocycles. The first-order valence-corrected chi connectivity index (χ1v) is 8.12. The molecule has 2 rings (SSSR count). The molecule has 1 heterocycles. The van der Waals surface area contributed by atoms with Gasteiger partial charge in [0.1, 0.15) is 5.82 Å². The highest BCUT2D eigenvalue weighted by Gasteiger charge is 2.23. The van der Waals surface area contributed by atoms with Crippen LogP contribution in [0.15, 0.2) is 24.3 Å². The predicted octanol–water partition coefficient (Wildman–Crippen LogP) is 2.95. The third kappa shape index (κ3) is 5.03. The summed E-state index contributed by atoms with van der Waals surface area (Å²) < 4.78 is 13.4. The van der Waals surface area contributed by atoms with Gasteiger partial charge < -0.3 is 0 Å². The van der Waals surface area contributed by atoms with Crippen LogP contribution in [0, 0.1) is 34.4 Å². The highest BCUT2D eigenvalue weighted by atomic mass is 19.1. The standard InChI is InChI=1S/C18H23FN4/c1-15(17-5-2-6-18(19)12-17)23-10-8-22(9-11-23)14-16(13-21)4-3-7-20/h2,5-6,12,15-16H,3-4,8-11,14H2,1H3/t15-,16-/m0/s1. The second-order valence-electron chi connectivity index (χ2n) is 6.09. The Morgan fingerprint density at radius 1 is 1.22 bits per heavy atom. The van der Waals surface area contributed by atoms with Crippen molar-refractivity contribution >= 4 is 0 Å². The number of piperazine rings is 1. The molecule has 0 aliphatic carbocycles. The lowest BCUT2D eigenvalue weighted by molar-refractivity contribution is 0.0954. The first-order valence-electron chi connectivity index (χ1n) is 8.12. The Kier molecular flexibility index (Phi) is 6.52. The Balaban J connectivity index is 1.84. The molecule has 0 radical (unpaired) electrons. The van der Waals surface area contributed by atoms with Crippen molar-refractivity contribution in [3.63, 3.8) is 0 Å². The van der Waals surface area contributed by atoms with Crippen molar-refractivity contribution in [2.24, 2.45) is 5.92 Å². The molecule has 0 bridgehead atoms. The van der Waals surface area contributed by atoms with E-state index in [2.05, 4.69) is 28.9 Å². The molecule has 4 nitrogen and oxygen atoms in total. The van der Waals surface area contributed by atoms with E-state index in [0.29, 0.717) is 12.8 Å². The molecule has 1 aromatic rings. The van der Waals surface area contributed by atoms with Crippen molar-refractivity contribution in [3.8, 4) is 12.1 Å². The smallest absolute Gasteiger partial charge is 0.123 e. The average Bonchev–Trinajstić information content (AvgIpc) is 2.58. The highest BCUT2D eigenvalue weighted by Crippen LogP contribution is 2.22. The van der Waals surface area contributed by atoms with Gasteiger partial charge in [-0.2, -0.15) is 10.5 Å². The molecular formula is C18H23FN4. The van der Waals surface area contributed by atoms with E-state index in [0.717, 1.165) is 38.3 Å². The van der Waals surface area contributed by atoms with Crippen LogP contribution in [-0.2, 0) is 0 Å². The summed E-state index contributed by atoms with van der Waals surface area (Å²) in [6.45, 7) is 6.48. The van der Waals surface area contributed by atoms with Crippen molar-refractivity contribution in [2.45, 2.75) is 25.8 Å². The maximum Gasteiger partial charge on any atom is 0.123 e. The van der Waals surface area contributed by atoms with Crippen LogP contribution in [0.1, 0.15) is 31.4 Å². The number of rotatable bonds is 6. The van der Waals surface area contributed by atoms with Gasteiger partial charge in [-0.3, -0.25) is 9.80 Å². The largest absolute Gasteiger partial charge is 0.299 e. The molecular weight excluding hydrogens is 291 g/mol. The molecule has 5 heteroatoms. The minimum absolute atomic E-state index is 0.0677. The summed E-state index contributed by atoms with van der Waals surface area (Å²) in [6.07, 6.45) is 1.09. The van der Waals surface area contributed by atoms with E-state index in [1.807, 2.05) is 6.07 Å². The topological polar surface area (TPSA) is 54.1 Å². The van der Waals surface area contributed by atoms with Gasteiger partial charge in [-0.1, -0.05) is 12.1 Å². The van der Waals surface area contributed by atoms with E-state index in [1.165, 1.54) is 6.07 Å². The van der Waals surface area contributed by atoms with Crippen LogP contribution in [-0.4, -0.2) is 42.5 Å². The number of nitrogens with zero attached hydrogens (tertiary/aromatic N) is 4. The molecule has 0 spiro atoms. The molecule has 0 amide bonds. The number of hydrogen-bond acceptors (Lipinski definition) is 4. The lowest BCUT2D eigenvalue weighted by Gasteiger charge is -2.38. The van der Waals surface area contributed by atoms with Crippen LogP contribution in [0.2, 0.25) is 0 Å². The number of hydrogen-bond donors (Lipinski definition) is 0. The monoisotopic (exact) mass is 314 g/mol. The molecule has 0 unspecified atom stereocenters. The zero-order chi connectivity index (χ0) is 16.7. The maximum atomic E-state index is 13.4. The van der Waals surface area contributed by atoms with Gasteiger partial charge in [0.25, 0.3) is 0 Å². The van der Waals surface area contributed by atoms with Crippen LogP contribution < -0.4 is 0 Å². The SMILES string of the molecule is C[C@@H](c1cccc(F)c1)N1CCN(C[C@H](C#N)CCC#N)CC1. The number of benzene rings is 1. The summed E-state index contributed by atoms with van der Waals surface area (Å²) in [5.74, 6) is -0.260. The van der Waals surface area contributed by atoms with E-state index in [9.17, 15) is 4.39 Å². The third-order valence-electron chi connectivity index (χ3n) is 4.55. The van der Waals surface area contributed by atoms with E-state index in [-0.39, 0.29) is 17.8 Å². The van der Waals surface area contributed by atoms with Crippen molar-refractivity contribution in [1.82, 2.24) is 9.80 Å². The summed E-state index contributed by atoms with van der Waals surface area (Å²) in [5, 5.41) is 17.8. The summed E-state index contributed by atoms with van der Waals surface area (Å²) in [7, 11) is 0. The Bertz CT molecular complexity index is 581. The molecule has 2 atom stereocenters. The fourth-order valence-corrected chi connectivity index (χ4v) is 3.06. The zero-order valence-electron chi connectivity index (χ0n) is 13.6. The molecule has 1 aromatic carbocycles. The fourth-order valence-electron chi connectivity index (χ4n) is 3.06. The van der Waals surface area contributed by atoms with Gasteiger partial charge in [0.2, 0.25) is 0 Å². The molecule has 23 heavy (non-hydrogen) atoms.